The standard InChI is InChI=1S/C29H45NO10/c1-16(2)11-14-22(31)36-18(4)17(3)23(24(30)25(32)33)19-12-13-20(37-26(34)39-28(5,6)7)21(15-19)38-27(35)40-29(8,9)10/h12-13,15-18,23-24H,11,14,30H2,1-10H3,(H,32,33)/t17?,18?,23?,24-/m0/s1. The Labute approximate surface area is 236 Å². The van der Waals surface area contributed by atoms with Crippen LogP contribution in [0.4, 0.5) is 9.59 Å². The predicted molar refractivity (Wildman–Crippen MR) is 147 cm³/mol. The zero-order chi connectivity index (χ0) is 31.0. The Kier molecular flexibility index (Phi) is 12.4. The van der Waals surface area contributed by atoms with Gasteiger partial charge in [-0.25, -0.2) is 9.59 Å². The Morgan fingerprint density at radius 3 is 1.80 bits per heavy atom. The Hall–Kier alpha value is -3.34. The maximum atomic E-state index is 12.5. The second-order valence-electron chi connectivity index (χ2n) is 12.2. The topological polar surface area (TPSA) is 161 Å². The van der Waals surface area contributed by atoms with Crippen molar-refractivity contribution in [1.82, 2.24) is 0 Å². The van der Waals surface area contributed by atoms with E-state index in [1.807, 2.05) is 13.8 Å². The summed E-state index contributed by atoms with van der Waals surface area (Å²) in [6, 6.07) is 2.78. The second kappa shape index (κ2) is 14.3. The van der Waals surface area contributed by atoms with E-state index in [0.717, 1.165) is 0 Å². The minimum atomic E-state index is -1.40. The molecule has 0 saturated carbocycles. The third kappa shape index (κ3) is 12.2. The number of nitrogens with two attached hydrogens (primary N) is 1. The molecule has 0 spiro atoms. The molecule has 0 fully saturated rings. The van der Waals surface area contributed by atoms with Crippen LogP contribution < -0.4 is 15.2 Å². The van der Waals surface area contributed by atoms with Crippen molar-refractivity contribution in [2.24, 2.45) is 17.6 Å². The average molecular weight is 568 g/mol. The zero-order valence-corrected chi connectivity index (χ0v) is 25.2. The highest BCUT2D eigenvalue weighted by molar-refractivity contribution is 5.75. The predicted octanol–water partition coefficient (Wildman–Crippen LogP) is 5.81. The fraction of sp³-hybridized carbons (Fsp3) is 0.655. The minimum Gasteiger partial charge on any atom is -0.480 e. The molecule has 0 radical (unpaired) electrons. The van der Waals surface area contributed by atoms with Crippen molar-refractivity contribution in [3.8, 4) is 11.5 Å². The minimum absolute atomic E-state index is 0.160. The van der Waals surface area contributed by atoms with Crippen LogP contribution in [0.15, 0.2) is 18.2 Å². The number of ether oxygens (including phenoxy) is 5. The molecule has 11 nitrogen and oxygen atoms in total. The van der Waals surface area contributed by atoms with E-state index in [4.69, 9.17) is 29.4 Å². The van der Waals surface area contributed by atoms with E-state index in [9.17, 15) is 24.3 Å². The van der Waals surface area contributed by atoms with Gasteiger partial charge in [-0.15, -0.1) is 0 Å². The van der Waals surface area contributed by atoms with Crippen LogP contribution in [-0.2, 0) is 23.8 Å². The molecule has 1 aromatic rings. The molecule has 0 aromatic heterocycles. The first kappa shape index (κ1) is 34.7. The molecule has 40 heavy (non-hydrogen) atoms. The first-order valence-electron chi connectivity index (χ1n) is 13.3. The molecule has 1 aromatic carbocycles. The highest BCUT2D eigenvalue weighted by atomic mass is 16.8. The fourth-order valence-corrected chi connectivity index (χ4v) is 3.68. The summed E-state index contributed by atoms with van der Waals surface area (Å²) < 4.78 is 26.7. The first-order valence-corrected chi connectivity index (χ1v) is 13.3. The molecule has 4 atom stereocenters. The van der Waals surface area contributed by atoms with Crippen LogP contribution in [0.5, 0.6) is 11.5 Å². The lowest BCUT2D eigenvalue weighted by Gasteiger charge is -2.32. The lowest BCUT2D eigenvalue weighted by atomic mass is 9.79. The summed E-state index contributed by atoms with van der Waals surface area (Å²) in [7, 11) is 0. The van der Waals surface area contributed by atoms with Gasteiger partial charge >= 0.3 is 24.2 Å². The van der Waals surface area contributed by atoms with Gasteiger partial charge in [0.15, 0.2) is 11.5 Å². The molecule has 0 heterocycles. The highest BCUT2D eigenvalue weighted by Gasteiger charge is 2.36. The van der Waals surface area contributed by atoms with E-state index in [1.54, 1.807) is 55.4 Å². The average Bonchev–Trinajstić information content (AvgIpc) is 2.76. The van der Waals surface area contributed by atoms with Crippen LogP contribution in [0.25, 0.3) is 0 Å². The van der Waals surface area contributed by atoms with Crippen molar-refractivity contribution in [3.63, 3.8) is 0 Å². The molecule has 226 valence electrons. The molecule has 0 aliphatic carbocycles. The lowest BCUT2D eigenvalue weighted by Crippen LogP contribution is -2.42. The van der Waals surface area contributed by atoms with Gasteiger partial charge in [-0.3, -0.25) is 9.59 Å². The van der Waals surface area contributed by atoms with Gasteiger partial charge < -0.3 is 34.5 Å². The van der Waals surface area contributed by atoms with Crippen molar-refractivity contribution in [3.05, 3.63) is 23.8 Å². The molecule has 0 amide bonds. The molecular weight excluding hydrogens is 522 g/mol. The maximum absolute atomic E-state index is 12.5. The van der Waals surface area contributed by atoms with E-state index in [-0.39, 0.29) is 17.9 Å². The van der Waals surface area contributed by atoms with Crippen LogP contribution in [0.2, 0.25) is 0 Å². The van der Waals surface area contributed by atoms with Crippen molar-refractivity contribution < 1.29 is 48.0 Å². The lowest BCUT2D eigenvalue weighted by molar-refractivity contribution is -0.151. The van der Waals surface area contributed by atoms with Gasteiger partial charge in [0.2, 0.25) is 0 Å². The van der Waals surface area contributed by atoms with Crippen molar-refractivity contribution >= 4 is 24.2 Å². The number of benzene rings is 1. The summed E-state index contributed by atoms with van der Waals surface area (Å²) in [6.07, 6.45) is -1.91. The summed E-state index contributed by atoms with van der Waals surface area (Å²) in [6.45, 7) is 17.3. The number of carbonyl (C=O) groups excluding carboxylic acids is 3. The summed E-state index contributed by atoms with van der Waals surface area (Å²) in [5.74, 6) is -3.19. The Morgan fingerprint density at radius 2 is 1.35 bits per heavy atom. The molecule has 0 aliphatic heterocycles. The molecule has 0 bridgehead atoms. The first-order chi connectivity index (χ1) is 18.2. The smallest absolute Gasteiger partial charge is 0.480 e. The van der Waals surface area contributed by atoms with E-state index in [2.05, 4.69) is 0 Å². The summed E-state index contributed by atoms with van der Waals surface area (Å²) in [5, 5.41) is 9.77. The molecular formula is C29H45NO10. The Morgan fingerprint density at radius 1 is 0.850 bits per heavy atom. The largest absolute Gasteiger partial charge is 0.514 e. The molecule has 0 aliphatic rings. The van der Waals surface area contributed by atoms with E-state index in [1.165, 1.54) is 18.2 Å². The third-order valence-corrected chi connectivity index (χ3v) is 5.74. The number of carboxylic acid groups (broad SMARTS) is 1. The zero-order valence-electron chi connectivity index (χ0n) is 25.2. The van der Waals surface area contributed by atoms with Gasteiger partial charge in [-0.1, -0.05) is 26.8 Å². The molecule has 0 saturated heterocycles. The molecule has 3 unspecified atom stereocenters. The third-order valence-electron chi connectivity index (χ3n) is 5.74. The number of carbonyl (C=O) groups is 4. The van der Waals surface area contributed by atoms with Crippen molar-refractivity contribution in [2.75, 3.05) is 0 Å². The summed E-state index contributed by atoms with van der Waals surface area (Å²) in [5.41, 5.74) is 4.73. The number of aliphatic carboxylic acids is 1. The van der Waals surface area contributed by atoms with Gasteiger partial charge in [0.25, 0.3) is 0 Å². The summed E-state index contributed by atoms with van der Waals surface area (Å²) in [4.78, 5) is 49.2. The van der Waals surface area contributed by atoms with Crippen LogP contribution in [0.1, 0.15) is 93.6 Å². The van der Waals surface area contributed by atoms with Crippen molar-refractivity contribution in [2.45, 2.75) is 111 Å². The molecule has 1 rings (SSSR count). The maximum Gasteiger partial charge on any atom is 0.514 e. The second-order valence-corrected chi connectivity index (χ2v) is 12.2. The van der Waals surface area contributed by atoms with Gasteiger partial charge in [-0.05, 0) is 78.5 Å². The molecule has 11 heteroatoms. The monoisotopic (exact) mass is 567 g/mol. The van der Waals surface area contributed by atoms with E-state index in [0.29, 0.717) is 17.9 Å². The van der Waals surface area contributed by atoms with E-state index >= 15 is 0 Å². The number of hydrogen-bond acceptors (Lipinski definition) is 10. The van der Waals surface area contributed by atoms with Crippen molar-refractivity contribution in [1.29, 1.82) is 0 Å². The number of rotatable bonds is 11. The SMILES string of the molecule is CC(C)CCC(=O)OC(C)C(C)C(c1ccc(OC(=O)OC(C)(C)C)c(OC(=O)OC(C)(C)C)c1)[C@H](N)C(=O)O. The van der Waals surface area contributed by atoms with Gasteiger partial charge in [0.1, 0.15) is 23.3 Å². The Balaban J connectivity index is 3.45. The molecule has 3 N–H and O–H groups in total. The van der Waals surface area contributed by atoms with E-state index < -0.39 is 59.4 Å². The highest BCUT2D eigenvalue weighted by Crippen LogP contribution is 2.37. The van der Waals surface area contributed by atoms with Gasteiger partial charge in [0.05, 0.1) is 0 Å². The normalized spacial score (nSPS) is 14.9. The van der Waals surface area contributed by atoms with Gasteiger partial charge in [0, 0.05) is 18.3 Å². The number of hydrogen-bond donors (Lipinski definition) is 2. The quantitative estimate of drug-likeness (QED) is 0.188. The Bertz CT molecular complexity index is 1040. The van der Waals surface area contributed by atoms with Crippen LogP contribution in [-0.4, -0.2) is 52.7 Å². The van der Waals surface area contributed by atoms with Crippen LogP contribution >= 0.6 is 0 Å². The van der Waals surface area contributed by atoms with Crippen LogP contribution in [0.3, 0.4) is 0 Å². The number of esters is 1. The summed E-state index contributed by atoms with van der Waals surface area (Å²) >= 11 is 0. The van der Waals surface area contributed by atoms with Crippen LogP contribution in [0, 0.1) is 11.8 Å². The number of carboxylic acids is 1. The van der Waals surface area contributed by atoms with Gasteiger partial charge in [-0.2, -0.15) is 0 Å². The fourth-order valence-electron chi connectivity index (χ4n) is 3.68.